The average molecular weight is 338 g/mol. The van der Waals surface area contributed by atoms with Crippen molar-refractivity contribution in [3.63, 3.8) is 0 Å². The van der Waals surface area contributed by atoms with E-state index >= 15 is 0 Å². The van der Waals surface area contributed by atoms with E-state index in [4.69, 9.17) is 16.1 Å². The first-order chi connectivity index (χ1) is 11.0. The first-order valence-corrected chi connectivity index (χ1v) is 7.19. The molecule has 1 aromatic carbocycles. The van der Waals surface area contributed by atoms with Gasteiger partial charge in [0.15, 0.2) is 0 Å². The average Bonchev–Trinajstić information content (AvgIpc) is 2.92. The molecule has 0 aliphatic carbocycles. The molecule has 0 spiro atoms. The van der Waals surface area contributed by atoms with Crippen molar-refractivity contribution in [2.75, 3.05) is 12.4 Å². The lowest BCUT2D eigenvalue weighted by atomic mass is 10.0. The topological polar surface area (TPSA) is 93.5 Å². The van der Waals surface area contributed by atoms with Gasteiger partial charge in [-0.15, -0.1) is 0 Å². The minimum absolute atomic E-state index is 0.0129. The molecule has 0 aliphatic heterocycles. The minimum Gasteiger partial charge on any atom is -0.469 e. The highest BCUT2D eigenvalue weighted by atomic mass is 35.5. The number of benzene rings is 1. The lowest BCUT2D eigenvalue weighted by Crippen LogP contribution is -2.33. The molecule has 2 aromatic rings. The molecule has 0 saturated carbocycles. The normalized spacial score (nSPS) is 11.6. The standard InChI is InChI=1S/C15H16ClN3O4/c1-9-7-13(23-19-9)18-15(21)17-12(8-14(20)22-2)10-3-5-11(16)6-4-10/h3-7,12H,8H2,1-2H3,(H2,17,18,21)/t12-/m1/s1. The van der Waals surface area contributed by atoms with Crippen LogP contribution in [0.1, 0.15) is 23.7 Å². The summed E-state index contributed by atoms with van der Waals surface area (Å²) in [5, 5.41) is 9.44. The molecule has 122 valence electrons. The number of esters is 1. The smallest absolute Gasteiger partial charge is 0.322 e. The van der Waals surface area contributed by atoms with Crippen LogP contribution >= 0.6 is 11.6 Å². The van der Waals surface area contributed by atoms with Crippen LogP contribution in [0, 0.1) is 6.92 Å². The predicted octanol–water partition coefficient (Wildman–Crippen LogP) is 3.06. The molecule has 2 N–H and O–H groups in total. The summed E-state index contributed by atoms with van der Waals surface area (Å²) in [6.45, 7) is 1.74. The number of carbonyl (C=O) groups excluding carboxylic acids is 2. The highest BCUT2D eigenvalue weighted by Crippen LogP contribution is 2.20. The number of ether oxygens (including phenoxy) is 1. The van der Waals surface area contributed by atoms with Gasteiger partial charge in [-0.25, -0.2) is 4.79 Å². The Morgan fingerprint density at radius 3 is 2.61 bits per heavy atom. The molecule has 0 unspecified atom stereocenters. The first kappa shape index (κ1) is 16.8. The van der Waals surface area contributed by atoms with Crippen LogP contribution in [0.15, 0.2) is 34.9 Å². The van der Waals surface area contributed by atoms with Crippen LogP contribution in [0.3, 0.4) is 0 Å². The van der Waals surface area contributed by atoms with Crippen molar-refractivity contribution in [2.45, 2.75) is 19.4 Å². The Labute approximate surface area is 137 Å². The van der Waals surface area contributed by atoms with Gasteiger partial charge in [0.1, 0.15) is 0 Å². The van der Waals surface area contributed by atoms with Gasteiger partial charge in [-0.2, -0.15) is 0 Å². The summed E-state index contributed by atoms with van der Waals surface area (Å²) in [5.74, 6) is -0.228. The fourth-order valence-electron chi connectivity index (χ4n) is 1.93. The van der Waals surface area contributed by atoms with Crippen molar-refractivity contribution in [3.8, 4) is 0 Å². The Bertz CT molecular complexity index is 684. The van der Waals surface area contributed by atoms with E-state index in [1.807, 2.05) is 0 Å². The maximum Gasteiger partial charge on any atom is 0.322 e. The summed E-state index contributed by atoms with van der Waals surface area (Å²) in [5.41, 5.74) is 1.37. The number of anilines is 1. The number of carbonyl (C=O) groups is 2. The molecule has 23 heavy (non-hydrogen) atoms. The quantitative estimate of drug-likeness (QED) is 0.818. The molecular formula is C15H16ClN3O4. The Balaban J connectivity index is 2.08. The number of nitrogens with one attached hydrogen (secondary N) is 2. The maximum absolute atomic E-state index is 12.1. The molecule has 1 aromatic heterocycles. The SMILES string of the molecule is COC(=O)C[C@@H](NC(=O)Nc1cc(C)no1)c1ccc(Cl)cc1. The van der Waals surface area contributed by atoms with Gasteiger partial charge in [-0.3, -0.25) is 10.1 Å². The minimum atomic E-state index is -0.566. The Hall–Kier alpha value is -2.54. The van der Waals surface area contributed by atoms with E-state index in [1.54, 1.807) is 37.3 Å². The molecule has 8 heteroatoms. The van der Waals surface area contributed by atoms with Crippen LogP contribution in [0.5, 0.6) is 0 Å². The zero-order valence-electron chi connectivity index (χ0n) is 12.6. The van der Waals surface area contributed by atoms with Crippen LogP contribution in [0.25, 0.3) is 0 Å². The Kier molecular flexibility index (Phi) is 5.59. The Morgan fingerprint density at radius 1 is 1.35 bits per heavy atom. The van der Waals surface area contributed by atoms with E-state index < -0.39 is 18.0 Å². The number of nitrogens with zero attached hydrogens (tertiary/aromatic N) is 1. The molecule has 2 amide bonds. The molecule has 0 aliphatic rings. The van der Waals surface area contributed by atoms with Crippen molar-refractivity contribution in [1.29, 1.82) is 0 Å². The van der Waals surface area contributed by atoms with Crippen molar-refractivity contribution < 1.29 is 18.8 Å². The van der Waals surface area contributed by atoms with Gasteiger partial charge in [0, 0.05) is 11.1 Å². The lowest BCUT2D eigenvalue weighted by Gasteiger charge is -2.18. The molecule has 7 nitrogen and oxygen atoms in total. The van der Waals surface area contributed by atoms with Crippen LogP contribution in [0.2, 0.25) is 5.02 Å². The molecule has 1 atom stereocenters. The third-order valence-corrected chi connectivity index (χ3v) is 3.29. The summed E-state index contributed by atoms with van der Waals surface area (Å²) < 4.78 is 9.57. The third kappa shape index (κ3) is 5.00. The van der Waals surface area contributed by atoms with Crippen molar-refractivity contribution >= 4 is 29.5 Å². The van der Waals surface area contributed by atoms with Crippen LogP contribution in [-0.2, 0) is 9.53 Å². The van der Waals surface area contributed by atoms with Gasteiger partial charge in [-0.1, -0.05) is 28.9 Å². The number of aromatic nitrogens is 1. The van der Waals surface area contributed by atoms with E-state index in [0.717, 1.165) is 5.56 Å². The second kappa shape index (κ2) is 7.64. The highest BCUT2D eigenvalue weighted by Gasteiger charge is 2.19. The van der Waals surface area contributed by atoms with E-state index in [9.17, 15) is 9.59 Å². The van der Waals surface area contributed by atoms with Gasteiger partial charge in [0.2, 0.25) is 5.88 Å². The molecule has 1 heterocycles. The Morgan fingerprint density at radius 2 is 2.04 bits per heavy atom. The number of hydrogen-bond acceptors (Lipinski definition) is 5. The van der Waals surface area contributed by atoms with Crippen LogP contribution < -0.4 is 10.6 Å². The van der Waals surface area contributed by atoms with Gasteiger partial charge in [-0.05, 0) is 24.6 Å². The summed E-state index contributed by atoms with van der Waals surface area (Å²) in [4.78, 5) is 23.6. The first-order valence-electron chi connectivity index (χ1n) is 6.81. The molecule has 0 fully saturated rings. The van der Waals surface area contributed by atoms with Crippen LogP contribution in [-0.4, -0.2) is 24.3 Å². The van der Waals surface area contributed by atoms with Crippen LogP contribution in [0.4, 0.5) is 10.7 Å². The van der Waals surface area contributed by atoms with Crippen molar-refractivity contribution in [2.24, 2.45) is 0 Å². The van der Waals surface area contributed by atoms with Gasteiger partial charge in [0.25, 0.3) is 0 Å². The number of halogens is 1. The van der Waals surface area contributed by atoms with E-state index in [2.05, 4.69) is 20.5 Å². The maximum atomic E-state index is 12.1. The molecule has 0 saturated heterocycles. The van der Waals surface area contributed by atoms with Gasteiger partial charge in [0.05, 0.1) is 25.3 Å². The zero-order chi connectivity index (χ0) is 16.8. The van der Waals surface area contributed by atoms with Gasteiger partial charge >= 0.3 is 12.0 Å². The fraction of sp³-hybridized carbons (Fsp3) is 0.267. The number of hydrogen-bond donors (Lipinski definition) is 2. The predicted molar refractivity (Wildman–Crippen MR) is 84.2 cm³/mol. The van der Waals surface area contributed by atoms with Gasteiger partial charge < -0.3 is 14.6 Å². The highest BCUT2D eigenvalue weighted by molar-refractivity contribution is 6.30. The fourth-order valence-corrected chi connectivity index (χ4v) is 2.05. The largest absolute Gasteiger partial charge is 0.469 e. The number of aryl methyl sites for hydroxylation is 1. The number of urea groups is 1. The summed E-state index contributed by atoms with van der Waals surface area (Å²) in [6.07, 6.45) is -0.0129. The molecular weight excluding hydrogens is 322 g/mol. The van der Waals surface area contributed by atoms with E-state index in [-0.39, 0.29) is 12.3 Å². The molecule has 0 radical (unpaired) electrons. The van der Waals surface area contributed by atoms with Crippen molar-refractivity contribution in [1.82, 2.24) is 10.5 Å². The number of amides is 2. The zero-order valence-corrected chi connectivity index (χ0v) is 13.4. The third-order valence-electron chi connectivity index (χ3n) is 3.04. The number of methoxy groups -OCH3 is 1. The van der Waals surface area contributed by atoms with E-state index in [0.29, 0.717) is 10.7 Å². The summed E-state index contributed by atoms with van der Waals surface area (Å²) in [7, 11) is 1.29. The monoisotopic (exact) mass is 337 g/mol. The van der Waals surface area contributed by atoms with E-state index in [1.165, 1.54) is 7.11 Å². The molecule has 2 rings (SSSR count). The second-order valence-electron chi connectivity index (χ2n) is 4.82. The number of rotatable bonds is 5. The lowest BCUT2D eigenvalue weighted by molar-refractivity contribution is -0.141. The second-order valence-corrected chi connectivity index (χ2v) is 5.25. The summed E-state index contributed by atoms with van der Waals surface area (Å²) in [6, 6.07) is 7.32. The van der Waals surface area contributed by atoms with Crippen molar-refractivity contribution in [3.05, 3.63) is 46.6 Å². The summed E-state index contributed by atoms with van der Waals surface area (Å²) >= 11 is 5.85. The molecule has 0 bridgehead atoms.